The zero-order valence-electron chi connectivity index (χ0n) is 10.9. The molecule has 4 nitrogen and oxygen atoms in total. The van der Waals surface area contributed by atoms with Crippen LogP contribution in [0.4, 0.5) is 4.39 Å². The summed E-state index contributed by atoms with van der Waals surface area (Å²) in [6, 6.07) is 6.46. The normalized spacial score (nSPS) is 16.1. The van der Waals surface area contributed by atoms with E-state index in [4.69, 9.17) is 4.74 Å². The summed E-state index contributed by atoms with van der Waals surface area (Å²) in [6.45, 7) is 0. The van der Waals surface area contributed by atoms with Crippen LogP contribution in [0.2, 0.25) is 0 Å². The first-order valence-corrected chi connectivity index (χ1v) is 6.09. The van der Waals surface area contributed by atoms with Gasteiger partial charge in [0, 0.05) is 54.2 Å². The van der Waals surface area contributed by atoms with E-state index >= 15 is 0 Å². The van der Waals surface area contributed by atoms with Gasteiger partial charge in [-0.05, 0) is 30.7 Å². The summed E-state index contributed by atoms with van der Waals surface area (Å²) >= 11 is 0. The Bertz CT molecular complexity index is 675. The maximum Gasteiger partial charge on any atom is 0.133 e. The van der Waals surface area contributed by atoms with Crippen molar-refractivity contribution in [3.63, 3.8) is 0 Å². The molecule has 2 aromatic rings. The third kappa shape index (κ3) is 3.07. The van der Waals surface area contributed by atoms with Crippen molar-refractivity contribution in [3.8, 4) is 23.0 Å². The van der Waals surface area contributed by atoms with Gasteiger partial charge in [-0.1, -0.05) is 0 Å². The van der Waals surface area contributed by atoms with E-state index in [1.165, 1.54) is 24.3 Å². The molecule has 1 aliphatic heterocycles. The topological polar surface area (TPSA) is 69.9 Å². The summed E-state index contributed by atoms with van der Waals surface area (Å²) in [5.41, 5.74) is 0.797. The van der Waals surface area contributed by atoms with Gasteiger partial charge in [0.05, 0.1) is 5.75 Å². The van der Waals surface area contributed by atoms with Crippen LogP contribution in [-0.2, 0) is 0 Å². The molecule has 0 saturated carbocycles. The Hall–Kier alpha value is -1.51. The summed E-state index contributed by atoms with van der Waals surface area (Å²) in [6.07, 6.45) is 1.54. The minimum atomic E-state index is -0.565. The van der Waals surface area contributed by atoms with Crippen molar-refractivity contribution >= 4 is 0 Å². The molecule has 0 aromatic heterocycles. The maximum absolute atomic E-state index is 13.8. The van der Waals surface area contributed by atoms with E-state index in [1.807, 2.05) is 0 Å². The average Bonchev–Trinajstić information content (AvgIpc) is 2.37. The molecule has 0 radical (unpaired) electrons. The summed E-state index contributed by atoms with van der Waals surface area (Å²) in [5.74, 6) is -0.615. The third-order valence-corrected chi connectivity index (χ3v) is 3.24. The first-order valence-electron chi connectivity index (χ1n) is 6.09. The number of halogens is 1. The molecule has 1 atom stereocenters. The van der Waals surface area contributed by atoms with Gasteiger partial charge in [0.25, 0.3) is 0 Å². The minimum Gasteiger partial charge on any atom is -0.565 e. The second-order valence-corrected chi connectivity index (χ2v) is 4.63. The Kier molecular flexibility index (Phi) is 4.60. The standard InChI is InChI=1S/C15H12FO4.U/c16-12-5-8(17)1-2-10(12)14-4-3-11-13(19)6-9(18)7-15(11)20-14;/h1-3,5-7,14,17-19H,4H2;/q-1;. The zero-order chi connectivity index (χ0) is 14.3. The van der Waals surface area contributed by atoms with E-state index in [-0.39, 0.29) is 48.4 Å². The SMILES string of the molecule is Oc1ccc(C2C[CH-]c3c(O)cc(O)cc3O2)c(F)c1.[U]. The fourth-order valence-electron chi connectivity index (χ4n) is 2.29. The van der Waals surface area contributed by atoms with E-state index in [2.05, 4.69) is 0 Å². The van der Waals surface area contributed by atoms with Crippen LogP contribution in [0.5, 0.6) is 23.0 Å². The van der Waals surface area contributed by atoms with Crippen molar-refractivity contribution in [1.29, 1.82) is 0 Å². The number of fused-ring (bicyclic) bond motifs is 1. The van der Waals surface area contributed by atoms with Crippen LogP contribution in [0, 0.1) is 43.4 Å². The molecule has 2 aromatic carbocycles. The Labute approximate surface area is 144 Å². The average molecular weight is 513 g/mol. The van der Waals surface area contributed by atoms with Gasteiger partial charge in [-0.25, -0.2) is 4.39 Å². The van der Waals surface area contributed by atoms with Gasteiger partial charge < -0.3 is 20.1 Å². The minimum absolute atomic E-state index is 0. The predicted molar refractivity (Wildman–Crippen MR) is 69.2 cm³/mol. The van der Waals surface area contributed by atoms with Gasteiger partial charge in [0.2, 0.25) is 0 Å². The smallest absolute Gasteiger partial charge is 0.133 e. The fraction of sp³-hybridized carbons (Fsp3) is 0.133. The predicted octanol–water partition coefficient (Wildman–Crippen LogP) is 3.02. The van der Waals surface area contributed by atoms with Crippen LogP contribution in [0.15, 0.2) is 30.3 Å². The first kappa shape index (κ1) is 15.9. The summed E-state index contributed by atoms with van der Waals surface area (Å²) in [5, 5.41) is 28.4. The van der Waals surface area contributed by atoms with Crippen LogP contribution < -0.4 is 4.74 Å². The molecule has 0 fully saturated rings. The molecule has 0 spiro atoms. The second kappa shape index (κ2) is 6.09. The molecule has 21 heavy (non-hydrogen) atoms. The second-order valence-electron chi connectivity index (χ2n) is 4.63. The number of phenolic OH excluding ortho intramolecular Hbond substituents is 3. The zero-order valence-corrected chi connectivity index (χ0v) is 15.0. The summed E-state index contributed by atoms with van der Waals surface area (Å²) < 4.78 is 19.4. The van der Waals surface area contributed by atoms with Gasteiger partial charge in [0.15, 0.2) is 0 Å². The molecule has 6 heteroatoms. The number of ether oxygens (including phenoxy) is 1. The monoisotopic (exact) mass is 513 g/mol. The maximum atomic E-state index is 13.8. The summed E-state index contributed by atoms with van der Waals surface area (Å²) in [4.78, 5) is 0. The largest absolute Gasteiger partial charge is 0.565 e. The van der Waals surface area contributed by atoms with Gasteiger partial charge in [-0.15, -0.1) is 5.56 Å². The van der Waals surface area contributed by atoms with Crippen molar-refractivity contribution in [2.45, 2.75) is 12.5 Å². The van der Waals surface area contributed by atoms with Crippen LogP contribution >= 0.6 is 0 Å². The van der Waals surface area contributed by atoms with E-state index in [9.17, 15) is 19.7 Å². The van der Waals surface area contributed by atoms with Crippen molar-refractivity contribution in [2.75, 3.05) is 0 Å². The van der Waals surface area contributed by atoms with E-state index < -0.39 is 11.9 Å². The fourth-order valence-corrected chi connectivity index (χ4v) is 2.29. The molecule has 0 saturated heterocycles. The molecule has 0 bridgehead atoms. The molecule has 3 rings (SSSR count). The number of phenols is 3. The molecular weight excluding hydrogens is 501 g/mol. The van der Waals surface area contributed by atoms with Gasteiger partial charge in [0.1, 0.15) is 17.7 Å². The number of hydrogen-bond acceptors (Lipinski definition) is 4. The molecule has 108 valence electrons. The summed E-state index contributed by atoms with van der Waals surface area (Å²) in [7, 11) is 0. The molecule has 0 aliphatic carbocycles. The van der Waals surface area contributed by atoms with Crippen molar-refractivity contribution in [3.05, 3.63) is 53.7 Å². The Morgan fingerprint density at radius 2 is 1.86 bits per heavy atom. The molecule has 1 unspecified atom stereocenters. The van der Waals surface area contributed by atoms with Crippen molar-refractivity contribution < 1.29 is 55.6 Å². The Balaban J connectivity index is 0.00000161. The van der Waals surface area contributed by atoms with E-state index in [1.54, 1.807) is 6.42 Å². The van der Waals surface area contributed by atoms with Crippen LogP contribution in [0.25, 0.3) is 0 Å². The van der Waals surface area contributed by atoms with Crippen LogP contribution in [0.1, 0.15) is 23.7 Å². The quantitative estimate of drug-likeness (QED) is 0.514. The van der Waals surface area contributed by atoms with E-state index in [0.717, 1.165) is 6.07 Å². The van der Waals surface area contributed by atoms with Gasteiger partial charge in [-0.2, -0.15) is 6.42 Å². The molecule has 1 heterocycles. The molecular formula is C15H12FO4U-. The molecule has 3 N–H and O–H groups in total. The number of benzene rings is 2. The Morgan fingerprint density at radius 3 is 2.57 bits per heavy atom. The first-order chi connectivity index (χ1) is 9.54. The van der Waals surface area contributed by atoms with Crippen LogP contribution in [0.3, 0.4) is 0 Å². The van der Waals surface area contributed by atoms with Crippen molar-refractivity contribution in [2.24, 2.45) is 0 Å². The Morgan fingerprint density at radius 1 is 1.10 bits per heavy atom. The van der Waals surface area contributed by atoms with Gasteiger partial charge in [-0.3, -0.25) is 0 Å². The molecule has 1 aliphatic rings. The van der Waals surface area contributed by atoms with Gasteiger partial charge >= 0.3 is 0 Å². The van der Waals surface area contributed by atoms with Crippen molar-refractivity contribution in [1.82, 2.24) is 0 Å². The molecule has 0 amide bonds. The third-order valence-electron chi connectivity index (χ3n) is 3.24. The van der Waals surface area contributed by atoms with Crippen LogP contribution in [-0.4, -0.2) is 15.3 Å². The number of aromatic hydroxyl groups is 3. The number of rotatable bonds is 1. The van der Waals surface area contributed by atoms with E-state index in [0.29, 0.717) is 23.3 Å². The number of hydrogen-bond donors (Lipinski definition) is 3.